The molecule has 1 aromatic heterocycles. The molecular formula is C30H37N3O9S. The number of methoxy groups -OCH3 is 2. The molecule has 2 unspecified atom stereocenters. The van der Waals surface area contributed by atoms with Crippen LogP contribution in [-0.4, -0.2) is 94.2 Å². The van der Waals surface area contributed by atoms with Crippen LogP contribution in [0.5, 0.6) is 5.75 Å². The number of aliphatic hydroxyl groups excluding tert-OH is 1. The van der Waals surface area contributed by atoms with Gasteiger partial charge in [-0.3, -0.25) is 14.2 Å². The number of nitrogens with zero attached hydrogens (tertiary/aromatic N) is 2. The van der Waals surface area contributed by atoms with Crippen molar-refractivity contribution in [3.63, 3.8) is 0 Å². The van der Waals surface area contributed by atoms with Crippen molar-refractivity contribution in [2.24, 2.45) is 0 Å². The van der Waals surface area contributed by atoms with Gasteiger partial charge in [0.1, 0.15) is 5.75 Å². The topological polar surface area (TPSA) is 146 Å². The van der Waals surface area contributed by atoms with Gasteiger partial charge in [0.2, 0.25) is 22.2 Å². The van der Waals surface area contributed by atoms with Gasteiger partial charge in [-0.2, -0.15) is 4.31 Å². The van der Waals surface area contributed by atoms with Gasteiger partial charge in [0.25, 0.3) is 5.91 Å². The highest BCUT2D eigenvalue weighted by Crippen LogP contribution is 2.36. The standard InChI is InChI=1S/C30H37N3O9S/c1-21(35)33-20-26(25-6-4-5-7-27(25)33)22-18-28(30(36)31-12-16-39-2)42-29(19-22)41-17-14-32(13-15-34)43(37,38)24-10-8-23(40-3)9-11-24/h4-11,18,20,22,29,34H,12-17,19H2,1-3H3,(H,31,36). The first kappa shape index (κ1) is 32.2. The number of ether oxygens (including phenoxy) is 4. The number of amides is 1. The Kier molecular flexibility index (Phi) is 10.9. The molecule has 43 heavy (non-hydrogen) atoms. The molecule has 232 valence electrons. The predicted molar refractivity (Wildman–Crippen MR) is 158 cm³/mol. The average Bonchev–Trinajstić information content (AvgIpc) is 3.41. The molecule has 1 aliphatic rings. The molecule has 2 N–H and O–H groups in total. The fraction of sp³-hybridized carbons (Fsp3) is 0.400. The molecule has 0 saturated heterocycles. The van der Waals surface area contributed by atoms with Gasteiger partial charge in [-0.25, -0.2) is 8.42 Å². The Morgan fingerprint density at radius 3 is 2.51 bits per heavy atom. The predicted octanol–water partition coefficient (Wildman–Crippen LogP) is 2.49. The highest BCUT2D eigenvalue weighted by atomic mass is 32.2. The van der Waals surface area contributed by atoms with Crippen molar-refractivity contribution in [1.82, 2.24) is 14.2 Å². The molecule has 0 radical (unpaired) electrons. The summed E-state index contributed by atoms with van der Waals surface area (Å²) in [5.74, 6) is -0.374. The maximum absolute atomic E-state index is 13.3. The van der Waals surface area contributed by atoms with Crippen LogP contribution in [0.3, 0.4) is 0 Å². The number of aliphatic hydroxyl groups is 1. The van der Waals surface area contributed by atoms with Gasteiger partial charge < -0.3 is 29.4 Å². The summed E-state index contributed by atoms with van der Waals surface area (Å²) < 4.78 is 51.3. The average molecular weight is 616 g/mol. The van der Waals surface area contributed by atoms with Gasteiger partial charge >= 0.3 is 0 Å². The Morgan fingerprint density at radius 1 is 1.09 bits per heavy atom. The van der Waals surface area contributed by atoms with E-state index in [1.165, 1.54) is 33.3 Å². The van der Waals surface area contributed by atoms with E-state index in [-0.39, 0.29) is 55.3 Å². The van der Waals surface area contributed by atoms with Crippen molar-refractivity contribution >= 4 is 32.7 Å². The summed E-state index contributed by atoms with van der Waals surface area (Å²) in [6.07, 6.45) is 2.89. The first-order chi connectivity index (χ1) is 20.7. The van der Waals surface area contributed by atoms with Crippen LogP contribution in [0.25, 0.3) is 10.9 Å². The lowest BCUT2D eigenvalue weighted by Gasteiger charge is -2.30. The van der Waals surface area contributed by atoms with E-state index in [9.17, 15) is 23.1 Å². The van der Waals surface area contributed by atoms with Crippen LogP contribution in [0, 0.1) is 0 Å². The summed E-state index contributed by atoms with van der Waals surface area (Å²) in [6, 6.07) is 13.5. The van der Waals surface area contributed by atoms with E-state index in [0.717, 1.165) is 20.8 Å². The van der Waals surface area contributed by atoms with E-state index >= 15 is 0 Å². The van der Waals surface area contributed by atoms with Crippen LogP contribution in [0.1, 0.15) is 29.6 Å². The normalized spacial score (nSPS) is 17.0. The maximum atomic E-state index is 13.3. The zero-order chi connectivity index (χ0) is 31.0. The van der Waals surface area contributed by atoms with Gasteiger partial charge in [0.15, 0.2) is 5.76 Å². The van der Waals surface area contributed by atoms with Gasteiger partial charge in [-0.15, -0.1) is 0 Å². The molecule has 0 bridgehead atoms. The molecule has 12 nitrogen and oxygen atoms in total. The molecule has 13 heteroatoms. The lowest BCUT2D eigenvalue weighted by atomic mass is 9.92. The van der Waals surface area contributed by atoms with Crippen molar-refractivity contribution in [3.05, 3.63) is 72.1 Å². The third kappa shape index (κ3) is 7.61. The zero-order valence-electron chi connectivity index (χ0n) is 24.4. The van der Waals surface area contributed by atoms with Gasteiger partial charge in [0, 0.05) is 57.6 Å². The van der Waals surface area contributed by atoms with Crippen LogP contribution >= 0.6 is 0 Å². The van der Waals surface area contributed by atoms with E-state index in [1.807, 2.05) is 24.3 Å². The van der Waals surface area contributed by atoms with Crippen molar-refractivity contribution in [1.29, 1.82) is 0 Å². The lowest BCUT2D eigenvalue weighted by molar-refractivity contribution is -0.146. The van der Waals surface area contributed by atoms with Crippen molar-refractivity contribution in [2.75, 3.05) is 53.7 Å². The van der Waals surface area contributed by atoms with E-state index in [4.69, 9.17) is 18.9 Å². The van der Waals surface area contributed by atoms with Crippen LogP contribution in [0.2, 0.25) is 0 Å². The second-order valence-electron chi connectivity index (χ2n) is 9.83. The fourth-order valence-corrected chi connectivity index (χ4v) is 6.31. The summed E-state index contributed by atoms with van der Waals surface area (Å²) in [4.78, 5) is 25.4. The van der Waals surface area contributed by atoms with Crippen LogP contribution < -0.4 is 10.1 Å². The molecule has 0 fully saturated rings. The summed E-state index contributed by atoms with van der Waals surface area (Å²) in [5.41, 5.74) is 1.57. The zero-order valence-corrected chi connectivity index (χ0v) is 25.2. The van der Waals surface area contributed by atoms with Crippen molar-refractivity contribution < 1.29 is 42.1 Å². The molecule has 0 saturated carbocycles. The summed E-state index contributed by atoms with van der Waals surface area (Å²) >= 11 is 0. The summed E-state index contributed by atoms with van der Waals surface area (Å²) in [5, 5.41) is 13.2. The fourth-order valence-electron chi connectivity index (χ4n) is 4.90. The number of hydrogen-bond donors (Lipinski definition) is 2. The number of fused-ring (bicyclic) bond motifs is 1. The Labute approximate surface area is 250 Å². The molecule has 1 aliphatic heterocycles. The molecule has 2 aromatic carbocycles. The molecule has 4 rings (SSSR count). The minimum Gasteiger partial charge on any atom is -0.497 e. The molecular weight excluding hydrogens is 578 g/mol. The highest BCUT2D eigenvalue weighted by Gasteiger charge is 2.31. The number of carbonyl (C=O) groups excluding carboxylic acids is 2. The molecule has 0 spiro atoms. The van der Waals surface area contributed by atoms with Gasteiger partial charge in [-0.05, 0) is 42.0 Å². The third-order valence-corrected chi connectivity index (χ3v) is 8.96. The summed E-state index contributed by atoms with van der Waals surface area (Å²) in [7, 11) is -0.919. The van der Waals surface area contributed by atoms with E-state index in [1.54, 1.807) is 29.0 Å². The van der Waals surface area contributed by atoms with Crippen LogP contribution in [-0.2, 0) is 29.0 Å². The van der Waals surface area contributed by atoms with Crippen molar-refractivity contribution in [2.45, 2.75) is 30.4 Å². The van der Waals surface area contributed by atoms with E-state index in [2.05, 4.69) is 5.32 Å². The molecule has 1 amide bonds. The van der Waals surface area contributed by atoms with Crippen molar-refractivity contribution in [3.8, 4) is 5.75 Å². The number of allylic oxidation sites excluding steroid dienone is 1. The molecule has 2 heterocycles. The smallest absolute Gasteiger partial charge is 0.286 e. The lowest BCUT2D eigenvalue weighted by Crippen LogP contribution is -2.38. The van der Waals surface area contributed by atoms with E-state index < -0.39 is 22.2 Å². The first-order valence-electron chi connectivity index (χ1n) is 13.8. The second-order valence-corrected chi connectivity index (χ2v) is 11.8. The molecule has 2 atom stereocenters. The minimum atomic E-state index is -3.94. The number of benzene rings is 2. The monoisotopic (exact) mass is 615 g/mol. The van der Waals surface area contributed by atoms with Gasteiger partial charge in [0.05, 0.1) is 37.3 Å². The van der Waals surface area contributed by atoms with E-state index in [0.29, 0.717) is 18.8 Å². The summed E-state index contributed by atoms with van der Waals surface area (Å²) in [6.45, 7) is 1.42. The number of aromatic nitrogens is 1. The number of sulfonamides is 1. The third-order valence-electron chi connectivity index (χ3n) is 7.05. The number of para-hydroxylation sites is 1. The van der Waals surface area contributed by atoms with Crippen LogP contribution in [0.15, 0.2) is 71.5 Å². The SMILES string of the molecule is COCCNC(=O)C1=CC(c2cn(C(C)=O)c3ccccc23)CC(OCCN(CCO)S(=O)(=O)c2ccc(OC)cc2)O1. The minimum absolute atomic E-state index is 0.0510. The number of nitrogens with one attached hydrogen (secondary N) is 1. The quantitative estimate of drug-likeness (QED) is 0.261. The largest absolute Gasteiger partial charge is 0.497 e. The maximum Gasteiger partial charge on any atom is 0.286 e. The second kappa shape index (κ2) is 14.6. The molecule has 0 aliphatic carbocycles. The Hall–Kier alpha value is -3.75. The molecule has 3 aromatic rings. The van der Waals surface area contributed by atoms with Gasteiger partial charge in [-0.1, -0.05) is 18.2 Å². The number of rotatable bonds is 14. The Bertz CT molecular complexity index is 1550. The van der Waals surface area contributed by atoms with Crippen LogP contribution in [0.4, 0.5) is 0 Å². The first-order valence-corrected chi connectivity index (χ1v) is 15.3. The number of hydrogen-bond acceptors (Lipinski definition) is 9. The number of carbonyl (C=O) groups is 2. The Morgan fingerprint density at radius 2 is 1.84 bits per heavy atom. The highest BCUT2D eigenvalue weighted by molar-refractivity contribution is 7.89. The Balaban J connectivity index is 1.54.